The molecule has 0 spiro atoms. The first kappa shape index (κ1) is 21.4. The molecule has 2 aromatic carbocycles. The number of aromatic nitrogens is 2. The number of benzene rings is 2. The summed E-state index contributed by atoms with van der Waals surface area (Å²) in [5.41, 5.74) is 5.31. The number of carbonyl (C=O) groups is 2. The van der Waals surface area contributed by atoms with Crippen molar-refractivity contribution in [3.63, 3.8) is 0 Å². The predicted molar refractivity (Wildman–Crippen MR) is 128 cm³/mol. The summed E-state index contributed by atoms with van der Waals surface area (Å²) in [5, 5.41) is 7.45. The van der Waals surface area contributed by atoms with Crippen molar-refractivity contribution in [3.8, 4) is 11.1 Å². The number of amides is 2. The number of rotatable bonds is 6. The fourth-order valence-electron chi connectivity index (χ4n) is 5.13. The van der Waals surface area contributed by atoms with Gasteiger partial charge in [0.1, 0.15) is 5.69 Å². The topological polar surface area (TPSA) is 67.2 Å². The van der Waals surface area contributed by atoms with Gasteiger partial charge in [0.2, 0.25) is 0 Å². The maximum atomic E-state index is 13.7. The van der Waals surface area contributed by atoms with E-state index in [-0.39, 0.29) is 17.9 Å². The summed E-state index contributed by atoms with van der Waals surface area (Å²) in [6.07, 6.45) is 1.13. The number of carbonyl (C=O) groups excluding carboxylic acids is 2. The molecule has 1 aliphatic heterocycles. The Kier molecular flexibility index (Phi) is 5.52. The van der Waals surface area contributed by atoms with E-state index >= 15 is 0 Å². The molecule has 5 rings (SSSR count). The summed E-state index contributed by atoms with van der Waals surface area (Å²) >= 11 is 0. The lowest BCUT2D eigenvalue weighted by Gasteiger charge is -2.28. The highest BCUT2D eigenvalue weighted by Gasteiger charge is 2.54. The van der Waals surface area contributed by atoms with E-state index < -0.39 is 0 Å². The molecule has 170 valence electrons. The molecule has 2 heterocycles. The Balaban J connectivity index is 1.35. The quantitative estimate of drug-likeness (QED) is 0.626. The van der Waals surface area contributed by atoms with Gasteiger partial charge in [0.05, 0.1) is 11.7 Å². The highest BCUT2D eigenvalue weighted by molar-refractivity contribution is 6.01. The smallest absolute Gasteiger partial charge is 0.269 e. The molecule has 6 heteroatoms. The van der Waals surface area contributed by atoms with Crippen LogP contribution in [0.4, 0.5) is 0 Å². The highest BCUT2D eigenvalue weighted by Crippen LogP contribution is 2.50. The molecule has 3 atom stereocenters. The zero-order valence-corrected chi connectivity index (χ0v) is 19.4. The second kappa shape index (κ2) is 8.50. The van der Waals surface area contributed by atoms with E-state index in [2.05, 4.69) is 41.6 Å². The Bertz CT molecular complexity index is 1200. The van der Waals surface area contributed by atoms with Gasteiger partial charge in [-0.3, -0.25) is 14.3 Å². The molecule has 1 aliphatic carbocycles. The maximum Gasteiger partial charge on any atom is 0.269 e. The average Bonchev–Trinajstić information content (AvgIpc) is 3.34. The van der Waals surface area contributed by atoms with Gasteiger partial charge >= 0.3 is 0 Å². The zero-order chi connectivity index (χ0) is 23.1. The molecule has 1 N–H and O–H groups in total. The first-order valence-electron chi connectivity index (χ1n) is 11.8. The second-order valence-electron chi connectivity index (χ2n) is 9.29. The summed E-state index contributed by atoms with van der Waals surface area (Å²) in [6.45, 7) is 7.79. The van der Waals surface area contributed by atoms with Gasteiger partial charge in [0.25, 0.3) is 11.8 Å². The van der Waals surface area contributed by atoms with Crippen molar-refractivity contribution in [3.05, 3.63) is 77.1 Å². The number of nitrogens with zero attached hydrogens (tertiary/aromatic N) is 3. The van der Waals surface area contributed by atoms with Gasteiger partial charge in [-0.2, -0.15) is 5.10 Å². The average molecular weight is 443 g/mol. The second-order valence-corrected chi connectivity index (χ2v) is 9.29. The van der Waals surface area contributed by atoms with Gasteiger partial charge in [0.15, 0.2) is 0 Å². The molecule has 2 fully saturated rings. The Morgan fingerprint density at radius 2 is 1.85 bits per heavy atom. The van der Waals surface area contributed by atoms with E-state index in [4.69, 9.17) is 0 Å². The van der Waals surface area contributed by atoms with Crippen LogP contribution in [-0.2, 0) is 6.54 Å². The minimum atomic E-state index is -0.131. The van der Waals surface area contributed by atoms with Crippen LogP contribution in [0.15, 0.2) is 54.6 Å². The molecular formula is C27H30N4O2. The lowest BCUT2D eigenvalue weighted by Crippen LogP contribution is -2.46. The number of fused-ring (bicyclic) bond motifs is 1. The minimum absolute atomic E-state index is 0.0246. The van der Waals surface area contributed by atoms with Crippen LogP contribution < -0.4 is 5.32 Å². The van der Waals surface area contributed by atoms with Crippen molar-refractivity contribution < 1.29 is 9.59 Å². The van der Waals surface area contributed by atoms with Gasteiger partial charge in [-0.1, -0.05) is 48.0 Å². The van der Waals surface area contributed by atoms with Crippen LogP contribution in [0.3, 0.4) is 0 Å². The first-order chi connectivity index (χ1) is 16.0. The number of hydrogen-bond donors (Lipinski definition) is 1. The number of nitrogens with one attached hydrogen (secondary N) is 1. The minimum Gasteiger partial charge on any atom is -0.349 e. The largest absolute Gasteiger partial charge is 0.349 e. The van der Waals surface area contributed by atoms with Gasteiger partial charge in [-0.25, -0.2) is 0 Å². The van der Waals surface area contributed by atoms with Crippen molar-refractivity contribution in [2.45, 2.75) is 39.8 Å². The van der Waals surface area contributed by atoms with Crippen LogP contribution in [0, 0.1) is 25.7 Å². The molecule has 1 saturated carbocycles. The number of hydrogen-bond acceptors (Lipinski definition) is 3. The van der Waals surface area contributed by atoms with Crippen LogP contribution in [0.25, 0.3) is 11.1 Å². The predicted octanol–water partition coefficient (Wildman–Crippen LogP) is 4.08. The fourth-order valence-corrected chi connectivity index (χ4v) is 5.13. The Morgan fingerprint density at radius 3 is 2.61 bits per heavy atom. The van der Waals surface area contributed by atoms with Gasteiger partial charge in [-0.15, -0.1) is 0 Å². The molecule has 33 heavy (non-hydrogen) atoms. The molecule has 1 aromatic heterocycles. The lowest BCUT2D eigenvalue weighted by atomic mass is 9.97. The van der Waals surface area contributed by atoms with Crippen LogP contribution in [0.5, 0.6) is 0 Å². The van der Waals surface area contributed by atoms with Crippen molar-refractivity contribution in [2.24, 2.45) is 11.8 Å². The monoisotopic (exact) mass is 442 g/mol. The van der Waals surface area contributed by atoms with Crippen molar-refractivity contribution >= 4 is 11.8 Å². The zero-order valence-electron chi connectivity index (χ0n) is 19.4. The molecule has 1 saturated heterocycles. The SMILES string of the molecule is CCn1nc(C)cc1C(=O)NC[C@@H]1[C@H]2C[C@H]2CN1C(=O)c1ccccc1-c1ccc(C)cc1. The Labute approximate surface area is 194 Å². The third kappa shape index (κ3) is 4.06. The molecular weight excluding hydrogens is 412 g/mol. The highest BCUT2D eigenvalue weighted by atomic mass is 16.2. The van der Waals surface area contributed by atoms with Gasteiger partial charge in [0, 0.05) is 25.2 Å². The Morgan fingerprint density at radius 1 is 1.09 bits per heavy atom. The molecule has 6 nitrogen and oxygen atoms in total. The summed E-state index contributed by atoms with van der Waals surface area (Å²) in [6, 6.07) is 17.9. The summed E-state index contributed by atoms with van der Waals surface area (Å²) in [5.74, 6) is 0.936. The van der Waals surface area contributed by atoms with Gasteiger partial charge < -0.3 is 10.2 Å². The third-order valence-corrected chi connectivity index (χ3v) is 6.99. The summed E-state index contributed by atoms with van der Waals surface area (Å²) in [7, 11) is 0. The normalized spacial score (nSPS) is 21.1. The lowest BCUT2D eigenvalue weighted by molar-refractivity contribution is 0.0695. The molecule has 0 bridgehead atoms. The van der Waals surface area contributed by atoms with Crippen LogP contribution in [0.2, 0.25) is 0 Å². The van der Waals surface area contributed by atoms with Crippen molar-refractivity contribution in [1.82, 2.24) is 20.0 Å². The number of likely N-dealkylation sites (tertiary alicyclic amines) is 1. The molecule has 0 radical (unpaired) electrons. The van der Waals surface area contributed by atoms with E-state index in [1.807, 2.05) is 49.1 Å². The maximum absolute atomic E-state index is 13.7. The molecule has 2 amide bonds. The van der Waals surface area contributed by atoms with Crippen molar-refractivity contribution in [2.75, 3.05) is 13.1 Å². The van der Waals surface area contributed by atoms with Crippen LogP contribution >= 0.6 is 0 Å². The summed E-state index contributed by atoms with van der Waals surface area (Å²) in [4.78, 5) is 28.5. The van der Waals surface area contributed by atoms with E-state index in [0.717, 1.165) is 35.3 Å². The van der Waals surface area contributed by atoms with Crippen molar-refractivity contribution in [1.29, 1.82) is 0 Å². The molecule has 2 aliphatic rings. The standard InChI is InChI=1S/C27H30N4O2/c1-4-31-24(13-18(3)29-31)26(32)28-15-25-23-14-20(23)16-30(25)27(33)22-8-6-5-7-21(22)19-11-9-17(2)10-12-19/h5-13,20,23,25H,4,14-16H2,1-3H3,(H,28,32)/t20-,23-,25+/m0/s1. The molecule has 3 aromatic rings. The van der Waals surface area contributed by atoms with E-state index in [9.17, 15) is 9.59 Å². The van der Waals surface area contributed by atoms with E-state index in [1.165, 1.54) is 5.56 Å². The third-order valence-electron chi connectivity index (χ3n) is 6.99. The molecule has 0 unspecified atom stereocenters. The van der Waals surface area contributed by atoms with E-state index in [0.29, 0.717) is 30.6 Å². The first-order valence-corrected chi connectivity index (χ1v) is 11.8. The number of piperidine rings is 1. The number of aryl methyl sites for hydroxylation is 3. The van der Waals surface area contributed by atoms with Crippen LogP contribution in [-0.4, -0.2) is 45.6 Å². The summed E-state index contributed by atoms with van der Waals surface area (Å²) < 4.78 is 1.72. The van der Waals surface area contributed by atoms with Crippen LogP contribution in [0.1, 0.15) is 45.4 Å². The van der Waals surface area contributed by atoms with E-state index in [1.54, 1.807) is 4.68 Å². The Hall–Kier alpha value is -3.41. The fraction of sp³-hybridized carbons (Fsp3) is 0.370. The van der Waals surface area contributed by atoms with Gasteiger partial charge in [-0.05, 0) is 62.3 Å².